The van der Waals surface area contributed by atoms with Gasteiger partial charge in [0.15, 0.2) is 6.10 Å². The number of aryl methyl sites for hydroxylation is 1. The lowest BCUT2D eigenvalue weighted by Gasteiger charge is -2.34. The summed E-state index contributed by atoms with van der Waals surface area (Å²) in [6, 6.07) is 18.3. The Morgan fingerprint density at radius 1 is 1.11 bits per heavy atom. The number of nitrogens with one attached hydrogen (secondary N) is 1. The third-order valence-corrected chi connectivity index (χ3v) is 8.60. The van der Waals surface area contributed by atoms with Crippen LogP contribution in [0.3, 0.4) is 0 Å². The normalized spacial score (nSPS) is 15.0. The first-order valence-electron chi connectivity index (χ1n) is 11.1. The molecule has 1 N–H and O–H groups in total. The predicted molar refractivity (Wildman–Crippen MR) is 142 cm³/mol. The maximum atomic E-state index is 13.6. The van der Waals surface area contributed by atoms with Crippen LogP contribution < -0.4 is 19.1 Å². The number of sulfonamides is 1. The predicted octanol–water partition coefficient (Wildman–Crippen LogP) is 4.77. The molecule has 1 amide bonds. The average Bonchev–Trinajstić information content (AvgIpc) is 3.36. The first kappa shape index (κ1) is 25.0. The summed E-state index contributed by atoms with van der Waals surface area (Å²) in [5.74, 6) is 0.276. The monoisotopic (exact) mass is 556 g/mol. The van der Waals surface area contributed by atoms with Gasteiger partial charge in [-0.1, -0.05) is 41.1 Å². The molecule has 1 aromatic heterocycles. The van der Waals surface area contributed by atoms with Crippen LogP contribution in [-0.4, -0.2) is 44.3 Å². The number of benzene rings is 3. The SMILES string of the molecule is COc1ccc(S(=O)(=O)N2C[C@@H](C(=O)Nc3nnc(-c4ccc(Cl)cc4)s3)Oc3ccc(C)cc32)cc1. The second-order valence-corrected chi connectivity index (χ2v) is 11.5. The zero-order chi connectivity index (χ0) is 26.2. The Morgan fingerprint density at radius 3 is 2.54 bits per heavy atom. The average molecular weight is 557 g/mol. The van der Waals surface area contributed by atoms with Crippen molar-refractivity contribution in [2.75, 3.05) is 23.3 Å². The lowest BCUT2D eigenvalue weighted by Crippen LogP contribution is -2.48. The fraction of sp³-hybridized carbons (Fsp3) is 0.160. The molecule has 0 spiro atoms. The highest BCUT2D eigenvalue weighted by Gasteiger charge is 2.38. The van der Waals surface area contributed by atoms with Gasteiger partial charge in [-0.2, -0.15) is 0 Å². The fourth-order valence-corrected chi connectivity index (χ4v) is 6.11. The van der Waals surface area contributed by atoms with Gasteiger partial charge in [0.1, 0.15) is 16.5 Å². The van der Waals surface area contributed by atoms with Gasteiger partial charge in [-0.25, -0.2) is 8.42 Å². The van der Waals surface area contributed by atoms with Gasteiger partial charge >= 0.3 is 0 Å². The minimum Gasteiger partial charge on any atom is -0.497 e. The summed E-state index contributed by atoms with van der Waals surface area (Å²) in [6.07, 6.45) is -1.12. The number of amides is 1. The molecule has 1 atom stereocenters. The summed E-state index contributed by atoms with van der Waals surface area (Å²) in [7, 11) is -2.51. The number of nitrogens with zero attached hydrogens (tertiary/aromatic N) is 3. The summed E-state index contributed by atoms with van der Waals surface area (Å²) in [5.41, 5.74) is 2.02. The number of aromatic nitrogens is 2. The molecule has 2 heterocycles. The van der Waals surface area contributed by atoms with Crippen molar-refractivity contribution in [2.45, 2.75) is 17.9 Å². The van der Waals surface area contributed by atoms with Gasteiger partial charge in [0.2, 0.25) is 5.13 Å². The van der Waals surface area contributed by atoms with Crippen molar-refractivity contribution >= 4 is 49.7 Å². The minimum absolute atomic E-state index is 0.0681. The van der Waals surface area contributed by atoms with E-state index in [4.69, 9.17) is 21.1 Å². The van der Waals surface area contributed by atoms with Crippen LogP contribution in [0.5, 0.6) is 11.5 Å². The van der Waals surface area contributed by atoms with E-state index in [9.17, 15) is 13.2 Å². The van der Waals surface area contributed by atoms with Gasteiger partial charge in [0, 0.05) is 10.6 Å². The van der Waals surface area contributed by atoms with E-state index >= 15 is 0 Å². The van der Waals surface area contributed by atoms with Gasteiger partial charge in [0.05, 0.1) is 24.2 Å². The summed E-state index contributed by atoms with van der Waals surface area (Å²) in [6.45, 7) is 1.63. The van der Waals surface area contributed by atoms with Crippen molar-refractivity contribution in [3.63, 3.8) is 0 Å². The smallest absolute Gasteiger partial charge is 0.269 e. The summed E-state index contributed by atoms with van der Waals surface area (Å²) < 4.78 is 39.5. The Balaban J connectivity index is 1.41. The number of rotatable bonds is 6. The van der Waals surface area contributed by atoms with Crippen molar-refractivity contribution in [1.29, 1.82) is 0 Å². The number of fused-ring (bicyclic) bond motifs is 1. The van der Waals surface area contributed by atoms with Gasteiger partial charge in [-0.3, -0.25) is 14.4 Å². The molecular weight excluding hydrogens is 536 g/mol. The fourth-order valence-electron chi connectivity index (χ4n) is 3.77. The zero-order valence-electron chi connectivity index (χ0n) is 19.7. The second-order valence-electron chi connectivity index (χ2n) is 8.20. The molecule has 1 aliphatic heterocycles. The van der Waals surface area contributed by atoms with Crippen LogP contribution in [0.2, 0.25) is 5.02 Å². The largest absolute Gasteiger partial charge is 0.497 e. The van der Waals surface area contributed by atoms with E-state index in [-0.39, 0.29) is 22.3 Å². The van der Waals surface area contributed by atoms with Crippen molar-refractivity contribution < 1.29 is 22.7 Å². The van der Waals surface area contributed by atoms with Crippen LogP contribution in [-0.2, 0) is 14.8 Å². The van der Waals surface area contributed by atoms with Crippen LogP contribution in [0.15, 0.2) is 71.6 Å². The van der Waals surface area contributed by atoms with Gasteiger partial charge in [0.25, 0.3) is 15.9 Å². The molecule has 37 heavy (non-hydrogen) atoms. The highest BCUT2D eigenvalue weighted by Crippen LogP contribution is 2.38. The Bertz CT molecular complexity index is 1560. The molecule has 0 saturated heterocycles. The lowest BCUT2D eigenvalue weighted by molar-refractivity contribution is -0.122. The van der Waals surface area contributed by atoms with Crippen molar-refractivity contribution in [3.05, 3.63) is 77.3 Å². The number of hydrogen-bond acceptors (Lipinski definition) is 8. The molecule has 12 heteroatoms. The molecule has 9 nitrogen and oxygen atoms in total. The topological polar surface area (TPSA) is 111 Å². The van der Waals surface area contributed by atoms with E-state index in [1.165, 1.54) is 34.9 Å². The summed E-state index contributed by atoms with van der Waals surface area (Å²) in [5, 5.41) is 12.3. The summed E-state index contributed by atoms with van der Waals surface area (Å²) >= 11 is 7.13. The molecule has 3 aromatic carbocycles. The van der Waals surface area contributed by atoms with Crippen LogP contribution in [0.4, 0.5) is 10.8 Å². The van der Waals surface area contributed by atoms with Crippen LogP contribution in [0.25, 0.3) is 10.6 Å². The van der Waals surface area contributed by atoms with Gasteiger partial charge in [-0.05, 0) is 61.0 Å². The van der Waals surface area contributed by atoms with E-state index in [1.54, 1.807) is 54.6 Å². The first-order valence-corrected chi connectivity index (χ1v) is 13.7. The highest BCUT2D eigenvalue weighted by atomic mass is 35.5. The molecule has 0 saturated carbocycles. The number of hydrogen-bond donors (Lipinski definition) is 1. The van der Waals surface area contributed by atoms with E-state index in [2.05, 4.69) is 15.5 Å². The zero-order valence-corrected chi connectivity index (χ0v) is 22.1. The Hall–Kier alpha value is -3.67. The molecule has 5 rings (SSSR count). The molecule has 4 aromatic rings. The number of methoxy groups -OCH3 is 1. The molecule has 0 radical (unpaired) electrons. The second kappa shape index (κ2) is 10.0. The van der Waals surface area contributed by atoms with Crippen molar-refractivity contribution in [3.8, 4) is 22.1 Å². The van der Waals surface area contributed by atoms with Gasteiger partial charge in [-0.15, -0.1) is 10.2 Å². The van der Waals surface area contributed by atoms with E-state index in [0.29, 0.717) is 21.5 Å². The lowest BCUT2D eigenvalue weighted by atomic mass is 10.1. The standard InChI is InChI=1S/C25H21ClN4O5S2/c1-15-3-12-21-20(13-15)30(37(32,33)19-10-8-18(34-2)9-11-19)14-22(35-21)23(31)27-25-29-28-24(36-25)16-4-6-17(26)7-5-16/h3-13,22H,14H2,1-2H3,(H,27,29,31)/t22-/m0/s1. The molecule has 0 bridgehead atoms. The van der Waals surface area contributed by atoms with E-state index < -0.39 is 22.0 Å². The Kier molecular flexibility index (Phi) is 6.76. The maximum absolute atomic E-state index is 13.6. The van der Waals surface area contributed by atoms with Crippen molar-refractivity contribution in [2.24, 2.45) is 0 Å². The highest BCUT2D eigenvalue weighted by molar-refractivity contribution is 7.92. The molecule has 0 unspecified atom stereocenters. The van der Waals surface area contributed by atoms with Crippen molar-refractivity contribution in [1.82, 2.24) is 10.2 Å². The van der Waals surface area contributed by atoms with E-state index in [1.807, 2.05) is 6.92 Å². The summed E-state index contributed by atoms with van der Waals surface area (Å²) in [4.78, 5) is 13.2. The molecule has 190 valence electrons. The molecule has 1 aliphatic rings. The van der Waals surface area contributed by atoms with Crippen LogP contribution >= 0.6 is 22.9 Å². The Labute approximate surface area is 222 Å². The maximum Gasteiger partial charge on any atom is 0.269 e. The number of ether oxygens (including phenoxy) is 2. The third-order valence-electron chi connectivity index (χ3n) is 5.67. The third kappa shape index (κ3) is 5.10. The minimum atomic E-state index is -4.01. The number of carbonyl (C=O) groups is 1. The molecule has 0 fully saturated rings. The van der Waals surface area contributed by atoms with E-state index in [0.717, 1.165) is 11.1 Å². The van der Waals surface area contributed by atoms with Crippen LogP contribution in [0.1, 0.15) is 5.56 Å². The van der Waals surface area contributed by atoms with Gasteiger partial charge < -0.3 is 9.47 Å². The van der Waals surface area contributed by atoms with Crippen LogP contribution in [0, 0.1) is 6.92 Å². The quantitative estimate of drug-likeness (QED) is 0.364. The number of carbonyl (C=O) groups excluding carboxylic acids is 1. The first-order chi connectivity index (χ1) is 17.7. The molecular formula is C25H21ClN4O5S2. The Morgan fingerprint density at radius 2 is 1.84 bits per heavy atom. The molecule has 0 aliphatic carbocycles. The number of anilines is 2. The number of halogens is 1.